The van der Waals surface area contributed by atoms with E-state index in [0.29, 0.717) is 5.22 Å². The molecule has 0 spiro atoms. The van der Waals surface area contributed by atoms with Crippen molar-refractivity contribution >= 4 is 22.6 Å². The summed E-state index contributed by atoms with van der Waals surface area (Å²) in [7, 11) is 0. The highest BCUT2D eigenvalue weighted by atomic mass is 35.5. The second-order valence-corrected chi connectivity index (χ2v) is 5.13. The van der Waals surface area contributed by atoms with Crippen LogP contribution in [-0.2, 0) is 0 Å². The molecule has 104 valence electrons. The van der Waals surface area contributed by atoms with Crippen LogP contribution >= 0.6 is 11.6 Å². The first-order valence-corrected chi connectivity index (χ1v) is 7.04. The van der Waals surface area contributed by atoms with Gasteiger partial charge in [0.05, 0.1) is 12.3 Å². The number of benzene rings is 1. The van der Waals surface area contributed by atoms with Gasteiger partial charge in [0, 0.05) is 10.9 Å². The van der Waals surface area contributed by atoms with Gasteiger partial charge in [-0.2, -0.15) is 0 Å². The van der Waals surface area contributed by atoms with Gasteiger partial charge < -0.3 is 14.2 Å². The van der Waals surface area contributed by atoms with Crippen LogP contribution in [0.2, 0.25) is 5.22 Å². The van der Waals surface area contributed by atoms with Crippen molar-refractivity contribution in [1.29, 1.82) is 0 Å². The molecule has 3 nitrogen and oxygen atoms in total. The summed E-state index contributed by atoms with van der Waals surface area (Å²) >= 11 is 6.10. The first-order chi connectivity index (χ1) is 9.70. The zero-order chi connectivity index (χ0) is 14.1. The van der Waals surface area contributed by atoms with E-state index in [4.69, 9.17) is 20.4 Å². The third-order valence-corrected chi connectivity index (χ3v) is 3.72. The van der Waals surface area contributed by atoms with Crippen molar-refractivity contribution in [3.8, 4) is 0 Å². The second-order valence-electron chi connectivity index (χ2n) is 4.78. The quantitative estimate of drug-likeness (QED) is 0.757. The molecule has 1 atom stereocenters. The molecule has 0 radical (unpaired) electrons. The summed E-state index contributed by atoms with van der Waals surface area (Å²) in [5.74, 6) is 0.847. The van der Waals surface area contributed by atoms with Crippen molar-refractivity contribution in [1.82, 2.24) is 5.32 Å². The van der Waals surface area contributed by atoms with E-state index >= 15 is 0 Å². The zero-order valence-corrected chi connectivity index (χ0v) is 12.2. The van der Waals surface area contributed by atoms with Crippen molar-refractivity contribution in [3.63, 3.8) is 0 Å². The molecule has 0 saturated carbocycles. The number of para-hydroxylation sites is 1. The number of hydrogen-bond acceptors (Lipinski definition) is 3. The van der Waals surface area contributed by atoms with E-state index < -0.39 is 0 Å². The van der Waals surface area contributed by atoms with Crippen LogP contribution in [0.25, 0.3) is 11.0 Å². The van der Waals surface area contributed by atoms with Gasteiger partial charge >= 0.3 is 0 Å². The van der Waals surface area contributed by atoms with Crippen LogP contribution in [-0.4, -0.2) is 6.54 Å². The maximum absolute atomic E-state index is 6.10. The molecule has 2 heterocycles. The maximum Gasteiger partial charge on any atom is 0.198 e. The van der Waals surface area contributed by atoms with E-state index in [1.54, 1.807) is 6.26 Å². The number of furan rings is 2. The summed E-state index contributed by atoms with van der Waals surface area (Å²) < 4.78 is 11.2. The summed E-state index contributed by atoms with van der Waals surface area (Å²) in [4.78, 5) is 0. The molecule has 4 heteroatoms. The Morgan fingerprint density at radius 1 is 1.30 bits per heavy atom. The van der Waals surface area contributed by atoms with Gasteiger partial charge in [-0.1, -0.05) is 25.1 Å². The van der Waals surface area contributed by atoms with E-state index in [0.717, 1.165) is 34.4 Å². The molecule has 0 bridgehead atoms. The zero-order valence-electron chi connectivity index (χ0n) is 11.4. The Kier molecular flexibility index (Phi) is 3.55. The first-order valence-electron chi connectivity index (χ1n) is 6.66. The summed E-state index contributed by atoms with van der Waals surface area (Å²) in [5, 5.41) is 4.88. The van der Waals surface area contributed by atoms with E-state index in [2.05, 4.69) is 24.4 Å². The summed E-state index contributed by atoms with van der Waals surface area (Å²) in [6, 6.07) is 9.95. The van der Waals surface area contributed by atoms with Gasteiger partial charge in [-0.3, -0.25) is 0 Å². The number of halogens is 1. The Bertz CT molecular complexity index is 729. The van der Waals surface area contributed by atoms with Crippen molar-refractivity contribution in [2.75, 3.05) is 6.54 Å². The molecule has 0 aliphatic heterocycles. The van der Waals surface area contributed by atoms with Gasteiger partial charge in [0.1, 0.15) is 11.3 Å². The van der Waals surface area contributed by atoms with Crippen molar-refractivity contribution in [2.45, 2.75) is 19.9 Å². The number of rotatable bonds is 4. The first kappa shape index (κ1) is 13.3. The molecule has 0 aliphatic carbocycles. The highest BCUT2D eigenvalue weighted by molar-refractivity contribution is 6.29. The normalized spacial score (nSPS) is 12.9. The minimum Gasteiger partial charge on any atom is -0.459 e. The lowest BCUT2D eigenvalue weighted by Crippen LogP contribution is -2.21. The van der Waals surface area contributed by atoms with E-state index in [1.165, 1.54) is 0 Å². The molecular weight excluding hydrogens is 274 g/mol. The molecule has 3 aromatic rings. The molecule has 3 rings (SSSR count). The van der Waals surface area contributed by atoms with Gasteiger partial charge in [-0.15, -0.1) is 0 Å². The van der Waals surface area contributed by atoms with Crippen LogP contribution in [0.4, 0.5) is 0 Å². The topological polar surface area (TPSA) is 38.3 Å². The van der Waals surface area contributed by atoms with Gasteiger partial charge in [0.15, 0.2) is 5.22 Å². The van der Waals surface area contributed by atoms with E-state index in [-0.39, 0.29) is 6.04 Å². The summed E-state index contributed by atoms with van der Waals surface area (Å²) in [6.45, 7) is 4.90. The lowest BCUT2D eigenvalue weighted by molar-refractivity contribution is 0.471. The summed E-state index contributed by atoms with van der Waals surface area (Å²) in [5.41, 5.74) is 2.94. The third-order valence-electron chi connectivity index (χ3n) is 3.41. The molecule has 1 unspecified atom stereocenters. The van der Waals surface area contributed by atoms with E-state index in [9.17, 15) is 0 Å². The maximum atomic E-state index is 6.10. The fourth-order valence-corrected chi connectivity index (χ4v) is 2.67. The van der Waals surface area contributed by atoms with Gasteiger partial charge in [0.2, 0.25) is 0 Å². The Morgan fingerprint density at radius 2 is 2.15 bits per heavy atom. The monoisotopic (exact) mass is 289 g/mol. The number of nitrogens with one attached hydrogen (secondary N) is 1. The van der Waals surface area contributed by atoms with Gasteiger partial charge in [-0.25, -0.2) is 0 Å². The Balaban J connectivity index is 2.10. The van der Waals surface area contributed by atoms with Gasteiger partial charge in [-0.05, 0) is 42.8 Å². The molecule has 0 fully saturated rings. The molecule has 20 heavy (non-hydrogen) atoms. The molecule has 0 aliphatic rings. The Hall–Kier alpha value is -1.71. The van der Waals surface area contributed by atoms with E-state index in [1.807, 2.05) is 25.1 Å². The number of hydrogen-bond donors (Lipinski definition) is 1. The number of fused-ring (bicyclic) bond motifs is 1. The predicted molar refractivity (Wildman–Crippen MR) is 80.2 cm³/mol. The predicted octanol–water partition coefficient (Wildman–Crippen LogP) is 4.69. The van der Waals surface area contributed by atoms with Crippen molar-refractivity contribution in [2.24, 2.45) is 0 Å². The fourth-order valence-electron chi connectivity index (χ4n) is 2.45. The van der Waals surface area contributed by atoms with Crippen LogP contribution < -0.4 is 5.32 Å². The van der Waals surface area contributed by atoms with Crippen LogP contribution in [0.3, 0.4) is 0 Å². The lowest BCUT2D eigenvalue weighted by atomic mass is 10.1. The minimum absolute atomic E-state index is 0.0990. The lowest BCUT2D eigenvalue weighted by Gasteiger charge is -2.14. The summed E-state index contributed by atoms with van der Waals surface area (Å²) in [6.07, 6.45) is 1.59. The Morgan fingerprint density at radius 3 is 2.80 bits per heavy atom. The van der Waals surface area contributed by atoms with Crippen molar-refractivity contribution in [3.05, 3.63) is 58.7 Å². The smallest absolute Gasteiger partial charge is 0.198 e. The largest absolute Gasteiger partial charge is 0.459 e. The molecule has 0 amide bonds. The van der Waals surface area contributed by atoms with Crippen molar-refractivity contribution < 1.29 is 8.83 Å². The van der Waals surface area contributed by atoms with Gasteiger partial charge in [0.25, 0.3) is 0 Å². The van der Waals surface area contributed by atoms with Crippen LogP contribution in [0, 0.1) is 6.92 Å². The molecule has 0 saturated heterocycles. The second kappa shape index (κ2) is 5.35. The fraction of sp³-hybridized carbons (Fsp3) is 0.250. The minimum atomic E-state index is -0.0990. The molecule has 2 aromatic heterocycles. The average molecular weight is 290 g/mol. The highest BCUT2D eigenvalue weighted by Crippen LogP contribution is 2.33. The number of aryl methyl sites for hydroxylation is 1. The van der Waals surface area contributed by atoms with Crippen LogP contribution in [0.1, 0.15) is 29.9 Å². The van der Waals surface area contributed by atoms with Crippen LogP contribution in [0.15, 0.2) is 45.4 Å². The molecule has 1 aromatic carbocycles. The van der Waals surface area contributed by atoms with Crippen LogP contribution in [0.5, 0.6) is 0 Å². The highest BCUT2D eigenvalue weighted by Gasteiger charge is 2.22. The Labute approximate surface area is 122 Å². The molecule has 1 N–H and O–H groups in total. The molecular formula is C16H16ClNO2. The SMILES string of the molecule is CCNC(c1cc2cccc(C)c2o1)c1ccoc1Cl. The standard InChI is InChI=1S/C16H16ClNO2/c1-3-18-14(12-7-8-19-16(12)17)13-9-11-6-4-5-10(2)15(11)20-13/h4-9,14,18H,3H2,1-2H3. The third kappa shape index (κ3) is 2.23. The average Bonchev–Trinajstić information content (AvgIpc) is 3.03.